The van der Waals surface area contributed by atoms with Crippen molar-refractivity contribution in [3.05, 3.63) is 0 Å². The first-order valence-electron chi connectivity index (χ1n) is 6.50. The van der Waals surface area contributed by atoms with Gasteiger partial charge < -0.3 is 15.2 Å². The number of hydrogen-bond donors (Lipinski definition) is 2. The minimum absolute atomic E-state index is 0.0788. The van der Waals surface area contributed by atoms with Crippen molar-refractivity contribution in [2.24, 2.45) is 0 Å². The van der Waals surface area contributed by atoms with Crippen LogP contribution in [0.2, 0.25) is 0 Å². The molecule has 0 aliphatic carbocycles. The van der Waals surface area contributed by atoms with Crippen molar-refractivity contribution in [3.8, 4) is 0 Å². The van der Waals surface area contributed by atoms with Crippen LogP contribution in [0.15, 0.2) is 0 Å². The Hall–Kier alpha value is -0.810. The molecule has 0 unspecified atom stereocenters. The second-order valence-electron chi connectivity index (χ2n) is 6.19. The van der Waals surface area contributed by atoms with Gasteiger partial charge in [0.25, 0.3) is 0 Å². The molecule has 106 valence electrons. The second kappa shape index (κ2) is 5.45. The average Bonchev–Trinajstić information content (AvgIpc) is 2.22. The highest BCUT2D eigenvalue weighted by atomic mass is 16.6. The van der Waals surface area contributed by atoms with Gasteiger partial charge in [0.2, 0.25) is 0 Å². The maximum atomic E-state index is 11.3. The van der Waals surface area contributed by atoms with Crippen molar-refractivity contribution in [1.82, 2.24) is 10.2 Å². The molecule has 1 fully saturated rings. The standard InChI is InChI=1S/C13H26N2O3/c1-12(2)8-10(18-11(17)14-5)9-13(3,4)15(12)6-7-16/h10,16H,6-9H2,1-5H3,(H,14,17). The van der Waals surface area contributed by atoms with Gasteiger partial charge in [-0.2, -0.15) is 0 Å². The molecule has 1 rings (SSSR count). The number of β-amino-alcohol motifs (C(OH)–C–C–N with tert-alkyl or cyclic N) is 1. The van der Waals surface area contributed by atoms with Crippen LogP contribution < -0.4 is 5.32 Å². The van der Waals surface area contributed by atoms with E-state index in [1.807, 2.05) is 0 Å². The van der Waals surface area contributed by atoms with E-state index >= 15 is 0 Å². The van der Waals surface area contributed by atoms with Gasteiger partial charge >= 0.3 is 6.09 Å². The van der Waals surface area contributed by atoms with Gasteiger partial charge in [-0.15, -0.1) is 0 Å². The van der Waals surface area contributed by atoms with Gasteiger partial charge in [0.15, 0.2) is 0 Å². The highest BCUT2D eigenvalue weighted by Crippen LogP contribution is 2.39. The Bertz CT molecular complexity index is 285. The average molecular weight is 258 g/mol. The van der Waals surface area contributed by atoms with Crippen LogP contribution in [-0.2, 0) is 4.74 Å². The van der Waals surface area contributed by atoms with Crippen molar-refractivity contribution in [1.29, 1.82) is 0 Å². The van der Waals surface area contributed by atoms with E-state index in [0.29, 0.717) is 6.54 Å². The van der Waals surface area contributed by atoms with Crippen molar-refractivity contribution < 1.29 is 14.6 Å². The zero-order valence-corrected chi connectivity index (χ0v) is 12.1. The maximum Gasteiger partial charge on any atom is 0.407 e. The first-order valence-corrected chi connectivity index (χ1v) is 6.50. The van der Waals surface area contributed by atoms with E-state index in [1.165, 1.54) is 0 Å². The second-order valence-corrected chi connectivity index (χ2v) is 6.19. The summed E-state index contributed by atoms with van der Waals surface area (Å²) in [5.41, 5.74) is -0.188. The summed E-state index contributed by atoms with van der Waals surface area (Å²) in [5.74, 6) is 0. The van der Waals surface area contributed by atoms with Crippen molar-refractivity contribution in [2.75, 3.05) is 20.2 Å². The number of hydrogen-bond acceptors (Lipinski definition) is 4. The lowest BCUT2D eigenvalue weighted by Crippen LogP contribution is -2.63. The minimum Gasteiger partial charge on any atom is -0.446 e. The summed E-state index contributed by atoms with van der Waals surface area (Å²) in [6, 6.07) is 0. The summed E-state index contributed by atoms with van der Waals surface area (Å²) < 4.78 is 5.40. The van der Waals surface area contributed by atoms with Crippen LogP contribution in [0.4, 0.5) is 4.79 Å². The summed E-state index contributed by atoms with van der Waals surface area (Å²) in [7, 11) is 1.57. The van der Waals surface area contributed by atoms with E-state index in [-0.39, 0.29) is 29.9 Å². The van der Waals surface area contributed by atoms with Crippen LogP contribution >= 0.6 is 0 Å². The number of nitrogens with one attached hydrogen (secondary N) is 1. The van der Waals surface area contributed by atoms with E-state index in [0.717, 1.165) is 12.8 Å². The number of ether oxygens (including phenoxy) is 1. The molecule has 1 aliphatic rings. The van der Waals surface area contributed by atoms with Gasteiger partial charge in [-0.05, 0) is 27.7 Å². The number of carbonyl (C=O) groups is 1. The van der Waals surface area contributed by atoms with E-state index < -0.39 is 0 Å². The molecular weight excluding hydrogens is 232 g/mol. The molecule has 0 atom stereocenters. The largest absolute Gasteiger partial charge is 0.446 e. The number of piperidine rings is 1. The van der Waals surface area contributed by atoms with Crippen LogP contribution in [0.25, 0.3) is 0 Å². The van der Waals surface area contributed by atoms with Crippen LogP contribution in [0.5, 0.6) is 0 Å². The molecule has 0 aromatic rings. The van der Waals surface area contributed by atoms with E-state index in [4.69, 9.17) is 4.74 Å². The number of likely N-dealkylation sites (tertiary alicyclic amines) is 1. The predicted octanol–water partition coefficient (Wildman–Crippen LogP) is 1.36. The van der Waals surface area contributed by atoms with Gasteiger partial charge in [-0.1, -0.05) is 0 Å². The van der Waals surface area contributed by atoms with E-state index in [1.54, 1.807) is 7.05 Å². The lowest BCUT2D eigenvalue weighted by Gasteiger charge is -2.54. The smallest absolute Gasteiger partial charge is 0.407 e. The number of alkyl carbamates (subject to hydrolysis) is 1. The fraction of sp³-hybridized carbons (Fsp3) is 0.923. The summed E-state index contributed by atoms with van der Waals surface area (Å²) in [6.07, 6.45) is 1.11. The van der Waals surface area contributed by atoms with Crippen molar-refractivity contribution in [3.63, 3.8) is 0 Å². The summed E-state index contributed by atoms with van der Waals surface area (Å²) >= 11 is 0. The zero-order valence-electron chi connectivity index (χ0n) is 12.1. The minimum atomic E-state index is -0.373. The number of carbonyl (C=O) groups excluding carboxylic acids is 1. The van der Waals surface area contributed by atoms with Crippen molar-refractivity contribution in [2.45, 2.75) is 57.7 Å². The first-order chi connectivity index (χ1) is 8.23. The van der Waals surface area contributed by atoms with Crippen LogP contribution in [0.1, 0.15) is 40.5 Å². The Morgan fingerprint density at radius 1 is 1.33 bits per heavy atom. The third kappa shape index (κ3) is 3.36. The fourth-order valence-corrected chi connectivity index (χ4v) is 3.23. The Morgan fingerprint density at radius 3 is 2.22 bits per heavy atom. The molecule has 5 nitrogen and oxygen atoms in total. The van der Waals surface area contributed by atoms with Crippen molar-refractivity contribution >= 4 is 6.09 Å². The first kappa shape index (κ1) is 15.2. The quantitative estimate of drug-likeness (QED) is 0.802. The molecule has 1 saturated heterocycles. The number of nitrogens with zero attached hydrogens (tertiary/aromatic N) is 1. The van der Waals surface area contributed by atoms with E-state index in [2.05, 4.69) is 37.9 Å². The zero-order chi connectivity index (χ0) is 14.0. The Labute approximate surface area is 109 Å². The van der Waals surface area contributed by atoms with Gasteiger partial charge in [0.05, 0.1) is 6.61 Å². The molecule has 18 heavy (non-hydrogen) atoms. The maximum absolute atomic E-state index is 11.3. The van der Waals surface area contributed by atoms with Crippen LogP contribution in [0, 0.1) is 0 Å². The monoisotopic (exact) mass is 258 g/mol. The van der Waals surface area contributed by atoms with Gasteiger partial charge in [0.1, 0.15) is 6.10 Å². The Morgan fingerprint density at radius 2 is 1.83 bits per heavy atom. The fourth-order valence-electron chi connectivity index (χ4n) is 3.23. The summed E-state index contributed by atoms with van der Waals surface area (Å²) in [6.45, 7) is 9.31. The molecule has 1 aliphatic heterocycles. The SMILES string of the molecule is CNC(=O)OC1CC(C)(C)N(CCO)C(C)(C)C1. The molecule has 0 radical (unpaired) electrons. The molecule has 0 aromatic carbocycles. The topological polar surface area (TPSA) is 61.8 Å². The summed E-state index contributed by atoms with van der Waals surface area (Å²) in [4.78, 5) is 13.6. The number of aliphatic hydroxyl groups is 1. The highest BCUT2D eigenvalue weighted by Gasteiger charge is 2.46. The molecule has 0 spiro atoms. The normalized spacial score (nSPS) is 23.7. The molecular formula is C13H26N2O3. The van der Waals surface area contributed by atoms with E-state index in [9.17, 15) is 9.90 Å². The lowest BCUT2D eigenvalue weighted by atomic mass is 9.78. The molecule has 1 amide bonds. The highest BCUT2D eigenvalue weighted by molar-refractivity contribution is 5.66. The van der Waals surface area contributed by atoms with Crippen LogP contribution in [-0.4, -0.2) is 53.5 Å². The molecule has 0 aromatic heterocycles. The summed E-state index contributed by atoms with van der Waals surface area (Å²) in [5, 5.41) is 11.7. The Balaban J connectivity index is 2.80. The molecule has 2 N–H and O–H groups in total. The van der Waals surface area contributed by atoms with Gasteiger partial charge in [-0.3, -0.25) is 4.90 Å². The predicted molar refractivity (Wildman–Crippen MR) is 70.5 cm³/mol. The Kier molecular flexibility index (Phi) is 4.61. The molecule has 0 bridgehead atoms. The third-order valence-electron chi connectivity index (χ3n) is 3.72. The molecule has 1 heterocycles. The number of rotatable bonds is 3. The molecule has 5 heteroatoms. The third-order valence-corrected chi connectivity index (χ3v) is 3.72. The van der Waals surface area contributed by atoms with Crippen LogP contribution in [0.3, 0.4) is 0 Å². The van der Waals surface area contributed by atoms with Gasteiger partial charge in [-0.25, -0.2) is 4.79 Å². The molecule has 0 saturated carbocycles. The lowest BCUT2D eigenvalue weighted by molar-refractivity contribution is -0.0881. The van der Waals surface area contributed by atoms with Gasteiger partial charge in [0, 0.05) is 37.5 Å². The number of amides is 1. The number of aliphatic hydroxyl groups excluding tert-OH is 1.